The monoisotopic (exact) mass is 509 g/mol. The first-order valence-corrected chi connectivity index (χ1v) is 13.5. The second-order valence-corrected chi connectivity index (χ2v) is 10.0. The van der Waals surface area contributed by atoms with Crippen LogP contribution in [0.25, 0.3) is 0 Å². The van der Waals surface area contributed by atoms with Crippen molar-refractivity contribution in [2.75, 3.05) is 4.90 Å². The second kappa shape index (κ2) is 13.5. The van der Waals surface area contributed by atoms with Crippen LogP contribution in [0.3, 0.4) is 0 Å². The van der Waals surface area contributed by atoms with Gasteiger partial charge in [0.1, 0.15) is 11.3 Å². The molecular formula is C33H35NO4. The van der Waals surface area contributed by atoms with Crippen molar-refractivity contribution in [2.45, 2.75) is 64.3 Å². The molecule has 0 aliphatic heterocycles. The van der Waals surface area contributed by atoms with Gasteiger partial charge in [-0.25, -0.2) is 4.79 Å². The molecule has 1 saturated carbocycles. The number of benzene rings is 3. The van der Waals surface area contributed by atoms with E-state index in [0.717, 1.165) is 36.8 Å². The minimum atomic E-state index is -1.20. The van der Waals surface area contributed by atoms with Gasteiger partial charge in [0.05, 0.1) is 6.54 Å². The van der Waals surface area contributed by atoms with E-state index in [0.29, 0.717) is 24.6 Å². The lowest BCUT2D eigenvalue weighted by Crippen LogP contribution is -2.30. The molecule has 4 rings (SSSR count). The summed E-state index contributed by atoms with van der Waals surface area (Å²) in [4.78, 5) is 26.3. The second-order valence-electron chi connectivity index (χ2n) is 10.0. The topological polar surface area (TPSA) is 77.8 Å². The Balaban J connectivity index is 1.41. The highest BCUT2D eigenvalue weighted by molar-refractivity contribution is 5.96. The quantitative estimate of drug-likeness (QED) is 0.229. The molecular weight excluding hydrogens is 474 g/mol. The van der Waals surface area contributed by atoms with E-state index in [9.17, 15) is 19.8 Å². The number of phenols is 1. The summed E-state index contributed by atoms with van der Waals surface area (Å²) in [6, 6.07) is 22.6. The van der Waals surface area contributed by atoms with Crippen LogP contribution in [0.4, 0.5) is 5.69 Å². The molecule has 0 spiro atoms. The SMILES string of the molecule is O=C(O)c1ccc(N(Cc2ccc(C#CCCCc3ccccc3)cc2)C(=O)CCC2CCCC2)cc1O. The van der Waals surface area contributed by atoms with E-state index < -0.39 is 5.97 Å². The average Bonchev–Trinajstić information content (AvgIpc) is 3.45. The molecule has 0 saturated heterocycles. The molecule has 0 atom stereocenters. The van der Waals surface area contributed by atoms with Crippen molar-refractivity contribution in [2.24, 2.45) is 5.92 Å². The number of carboxylic acid groups (broad SMARTS) is 1. The van der Waals surface area contributed by atoms with Crippen molar-refractivity contribution in [3.8, 4) is 17.6 Å². The Morgan fingerprint density at radius 2 is 1.66 bits per heavy atom. The van der Waals surface area contributed by atoms with Gasteiger partial charge in [0.2, 0.25) is 5.91 Å². The highest BCUT2D eigenvalue weighted by Crippen LogP contribution is 2.31. The number of carboxylic acids is 1. The summed E-state index contributed by atoms with van der Waals surface area (Å²) in [6.07, 6.45) is 8.96. The normalized spacial score (nSPS) is 13.1. The number of amides is 1. The molecule has 38 heavy (non-hydrogen) atoms. The van der Waals surface area contributed by atoms with E-state index in [2.05, 4.69) is 36.1 Å². The van der Waals surface area contributed by atoms with Crippen LogP contribution >= 0.6 is 0 Å². The smallest absolute Gasteiger partial charge is 0.339 e. The van der Waals surface area contributed by atoms with Crippen LogP contribution in [0.5, 0.6) is 5.75 Å². The summed E-state index contributed by atoms with van der Waals surface area (Å²) in [6.45, 7) is 0.333. The number of aromatic hydroxyl groups is 1. The number of aryl methyl sites for hydroxylation is 1. The van der Waals surface area contributed by atoms with Gasteiger partial charge in [-0.1, -0.05) is 80.0 Å². The minimum Gasteiger partial charge on any atom is -0.507 e. The van der Waals surface area contributed by atoms with Crippen molar-refractivity contribution < 1.29 is 19.8 Å². The third-order valence-corrected chi connectivity index (χ3v) is 7.20. The number of unbranched alkanes of at least 4 members (excludes halogenated alkanes) is 1. The van der Waals surface area contributed by atoms with Gasteiger partial charge in [-0.15, -0.1) is 0 Å². The van der Waals surface area contributed by atoms with E-state index in [1.807, 2.05) is 30.3 Å². The van der Waals surface area contributed by atoms with Crippen molar-refractivity contribution in [3.05, 3.63) is 95.1 Å². The summed E-state index contributed by atoms with van der Waals surface area (Å²) in [7, 11) is 0. The molecule has 0 aromatic heterocycles. The number of hydrogen-bond donors (Lipinski definition) is 2. The fourth-order valence-electron chi connectivity index (χ4n) is 5.02. The molecule has 0 unspecified atom stereocenters. The van der Waals surface area contributed by atoms with Gasteiger partial charge in [-0.05, 0) is 60.6 Å². The summed E-state index contributed by atoms with van der Waals surface area (Å²) in [5, 5.41) is 19.5. The van der Waals surface area contributed by atoms with E-state index in [4.69, 9.17) is 0 Å². The van der Waals surface area contributed by atoms with Gasteiger partial charge in [-0.2, -0.15) is 0 Å². The number of hydrogen-bond acceptors (Lipinski definition) is 3. The molecule has 0 heterocycles. The molecule has 5 nitrogen and oxygen atoms in total. The van der Waals surface area contributed by atoms with Gasteiger partial charge >= 0.3 is 5.97 Å². The third-order valence-electron chi connectivity index (χ3n) is 7.20. The van der Waals surface area contributed by atoms with Gasteiger partial charge in [0.15, 0.2) is 0 Å². The van der Waals surface area contributed by atoms with Crippen LogP contribution in [-0.2, 0) is 17.8 Å². The summed E-state index contributed by atoms with van der Waals surface area (Å²) in [5.74, 6) is 5.49. The molecule has 196 valence electrons. The third kappa shape index (κ3) is 7.73. The summed E-state index contributed by atoms with van der Waals surface area (Å²) < 4.78 is 0. The maximum Gasteiger partial charge on any atom is 0.339 e. The fraction of sp³-hybridized carbons (Fsp3) is 0.333. The van der Waals surface area contributed by atoms with Gasteiger partial charge in [0.25, 0.3) is 0 Å². The van der Waals surface area contributed by atoms with Crippen molar-refractivity contribution in [1.82, 2.24) is 0 Å². The maximum absolute atomic E-state index is 13.3. The van der Waals surface area contributed by atoms with Crippen molar-refractivity contribution in [1.29, 1.82) is 0 Å². The average molecular weight is 510 g/mol. The largest absolute Gasteiger partial charge is 0.507 e. The zero-order chi connectivity index (χ0) is 26.7. The molecule has 1 aliphatic carbocycles. The molecule has 2 N–H and O–H groups in total. The van der Waals surface area contributed by atoms with E-state index >= 15 is 0 Å². The standard InChI is InChI=1S/C33H35NO4/c35-31-23-29(20-21-30(31)33(37)38)34(32(36)22-19-26-13-7-8-14-26)24-28-17-15-27(16-18-28)12-6-2-5-11-25-9-3-1-4-10-25/h1,3-4,9-10,15-18,20-21,23,26,35H,2,5,7-8,11,13-14,19,22,24H2,(H,37,38). The molecule has 0 radical (unpaired) electrons. The van der Waals surface area contributed by atoms with Crippen molar-refractivity contribution in [3.63, 3.8) is 0 Å². The number of carbonyl (C=O) groups is 2. The number of nitrogens with zero attached hydrogens (tertiary/aromatic N) is 1. The zero-order valence-electron chi connectivity index (χ0n) is 21.7. The Kier molecular flexibility index (Phi) is 9.59. The van der Waals surface area contributed by atoms with Crippen LogP contribution in [0, 0.1) is 17.8 Å². The first kappa shape index (κ1) is 27.0. The Labute approximate surface area is 225 Å². The Morgan fingerprint density at radius 1 is 0.921 bits per heavy atom. The van der Waals surface area contributed by atoms with Gasteiger partial charge in [0, 0.05) is 30.2 Å². The number of carbonyl (C=O) groups excluding carboxylic acids is 1. The van der Waals surface area contributed by atoms with Crippen LogP contribution < -0.4 is 4.90 Å². The van der Waals surface area contributed by atoms with Crippen LogP contribution in [0.15, 0.2) is 72.8 Å². The van der Waals surface area contributed by atoms with E-state index in [-0.39, 0.29) is 17.2 Å². The van der Waals surface area contributed by atoms with E-state index in [1.54, 1.807) is 11.0 Å². The lowest BCUT2D eigenvalue weighted by molar-refractivity contribution is -0.119. The minimum absolute atomic E-state index is 0.0262. The van der Waals surface area contributed by atoms with Crippen LogP contribution in [0.1, 0.15) is 78.4 Å². The Hall–Kier alpha value is -4.04. The fourth-order valence-corrected chi connectivity index (χ4v) is 5.02. The Bertz CT molecular complexity index is 1280. The molecule has 1 fully saturated rings. The lowest BCUT2D eigenvalue weighted by atomic mass is 10.0. The molecule has 0 bridgehead atoms. The molecule has 1 amide bonds. The maximum atomic E-state index is 13.3. The van der Waals surface area contributed by atoms with E-state index in [1.165, 1.54) is 43.4 Å². The number of aromatic carboxylic acids is 1. The highest BCUT2D eigenvalue weighted by atomic mass is 16.4. The number of rotatable bonds is 10. The predicted molar refractivity (Wildman–Crippen MR) is 150 cm³/mol. The highest BCUT2D eigenvalue weighted by Gasteiger charge is 2.22. The summed E-state index contributed by atoms with van der Waals surface area (Å²) in [5.41, 5.74) is 3.50. The predicted octanol–water partition coefficient (Wildman–Crippen LogP) is 6.97. The van der Waals surface area contributed by atoms with Crippen LogP contribution in [-0.4, -0.2) is 22.1 Å². The molecule has 3 aromatic carbocycles. The van der Waals surface area contributed by atoms with Crippen LogP contribution in [0.2, 0.25) is 0 Å². The van der Waals surface area contributed by atoms with Crippen molar-refractivity contribution >= 4 is 17.6 Å². The number of anilines is 1. The first-order chi connectivity index (χ1) is 18.5. The Morgan fingerprint density at radius 3 is 2.34 bits per heavy atom. The van der Waals surface area contributed by atoms with Gasteiger partial charge < -0.3 is 15.1 Å². The van der Waals surface area contributed by atoms with Gasteiger partial charge in [-0.3, -0.25) is 4.79 Å². The molecule has 5 heteroatoms. The lowest BCUT2D eigenvalue weighted by Gasteiger charge is -2.24. The summed E-state index contributed by atoms with van der Waals surface area (Å²) >= 11 is 0. The first-order valence-electron chi connectivity index (χ1n) is 13.5. The molecule has 1 aliphatic rings. The molecule has 3 aromatic rings. The zero-order valence-corrected chi connectivity index (χ0v) is 21.7.